The minimum Gasteiger partial charge on any atom is -0.457 e. The Morgan fingerprint density at radius 2 is 0.905 bits per heavy atom. The Morgan fingerprint density at radius 3 is 1.46 bits per heavy atom. The molecule has 84 heavy (non-hydrogen) atoms. The molecule has 0 saturated carbocycles. The Kier molecular flexibility index (Phi) is 14.3. The predicted octanol–water partition coefficient (Wildman–Crippen LogP) is 21.4. The third-order valence-electron chi connectivity index (χ3n) is 18.3. The Balaban J connectivity index is 1.06. The number of ether oxygens (including phenoxy) is 1. The van der Waals surface area contributed by atoms with Gasteiger partial charge in [0.15, 0.2) is 0 Å². The van der Waals surface area contributed by atoms with E-state index in [1.165, 1.54) is 61.0 Å². The number of pyridine rings is 1. The first-order valence-corrected chi connectivity index (χ1v) is 30.2. The highest BCUT2D eigenvalue weighted by Crippen LogP contribution is 2.51. The molecule has 0 radical (unpaired) electrons. The molecule has 0 aliphatic carbocycles. The number of anilines is 4. The molecule has 5 nitrogen and oxygen atoms in total. The summed E-state index contributed by atoms with van der Waals surface area (Å²) in [6.45, 7) is 30.8. The van der Waals surface area contributed by atoms with Gasteiger partial charge in [-0.25, -0.2) is 4.98 Å². The van der Waals surface area contributed by atoms with Crippen molar-refractivity contribution in [1.29, 1.82) is 0 Å². The van der Waals surface area contributed by atoms with Gasteiger partial charge in [0.2, 0.25) is 0 Å². The van der Waals surface area contributed by atoms with Gasteiger partial charge in [0.25, 0.3) is 0 Å². The Bertz CT molecular complexity index is 4120. The summed E-state index contributed by atoms with van der Waals surface area (Å²) >= 11 is 0. The summed E-state index contributed by atoms with van der Waals surface area (Å²) in [7, 11) is 0. The zero-order valence-electron chi connectivity index (χ0n) is 51.4. The standard InChI is InChI=1S/C79H80N4O/c1-52(2)66-33-25-34-67(53(3)4)75(66)54-36-39-71-73(42-54)82(51-81(71)62-44-59(77(8,9)55-26-17-14-18-27-55)43-60(45-62)78(10,11)56-28-19-15-20-29-56)63-46-61(79(12,13)57-30-21-16-22-31-57)47-65(49-63)84-64-37-38-69-68-32-23-24-35-70(68)83(72(69)50-64)74-48-58(40-41-80-74)76(5,6)7/h14-50,52-53H,51H2,1-13H3. The van der Waals surface area contributed by atoms with Crippen molar-refractivity contribution in [2.24, 2.45) is 0 Å². The number of aromatic nitrogens is 2. The topological polar surface area (TPSA) is 33.5 Å². The van der Waals surface area contributed by atoms with Crippen molar-refractivity contribution in [3.8, 4) is 28.4 Å². The molecule has 0 saturated heterocycles. The van der Waals surface area contributed by atoms with Gasteiger partial charge in [-0.15, -0.1) is 0 Å². The normalized spacial score (nSPS) is 13.2. The van der Waals surface area contributed by atoms with E-state index in [1.54, 1.807) is 0 Å². The van der Waals surface area contributed by atoms with Crippen LogP contribution in [0.25, 0.3) is 38.8 Å². The fraction of sp³-hybridized carbons (Fsp3) is 0.253. The maximum absolute atomic E-state index is 7.32. The molecule has 0 unspecified atom stereocenters. The molecule has 3 heterocycles. The number of para-hydroxylation sites is 1. The van der Waals surface area contributed by atoms with Crippen LogP contribution in [0, 0.1) is 0 Å². The summed E-state index contributed by atoms with van der Waals surface area (Å²) in [6.07, 6.45) is 1.94. The molecule has 5 heteroatoms. The van der Waals surface area contributed by atoms with Crippen LogP contribution in [0.15, 0.2) is 225 Å². The molecular weight excluding hydrogens is 1020 g/mol. The summed E-state index contributed by atoms with van der Waals surface area (Å²) < 4.78 is 9.61. The molecule has 1 aliphatic heterocycles. The van der Waals surface area contributed by atoms with E-state index >= 15 is 0 Å². The lowest BCUT2D eigenvalue weighted by molar-refractivity contribution is 0.480. The number of hydrogen-bond acceptors (Lipinski definition) is 4. The van der Waals surface area contributed by atoms with Crippen molar-refractivity contribution >= 4 is 44.6 Å². The molecule has 0 N–H and O–H groups in total. The molecule has 2 aromatic heterocycles. The number of rotatable bonds is 14. The predicted molar refractivity (Wildman–Crippen MR) is 355 cm³/mol. The lowest BCUT2D eigenvalue weighted by Crippen LogP contribution is -2.27. The first-order chi connectivity index (χ1) is 40.2. The molecule has 11 aromatic rings. The van der Waals surface area contributed by atoms with Crippen LogP contribution in [-0.4, -0.2) is 16.2 Å². The van der Waals surface area contributed by atoms with Crippen molar-refractivity contribution in [3.63, 3.8) is 0 Å². The van der Waals surface area contributed by atoms with Crippen LogP contribution in [0.1, 0.15) is 152 Å². The molecule has 0 fully saturated rings. The molecular formula is C79H80N4O. The van der Waals surface area contributed by atoms with E-state index in [-0.39, 0.29) is 16.2 Å². The van der Waals surface area contributed by atoms with Crippen molar-refractivity contribution in [3.05, 3.63) is 275 Å². The van der Waals surface area contributed by atoms with Crippen LogP contribution in [0.5, 0.6) is 11.5 Å². The van der Waals surface area contributed by atoms with Gasteiger partial charge in [-0.3, -0.25) is 4.57 Å². The van der Waals surface area contributed by atoms with Gasteiger partial charge >= 0.3 is 0 Å². The second-order valence-corrected chi connectivity index (χ2v) is 26.6. The quantitative estimate of drug-likeness (QED) is 0.109. The highest BCUT2D eigenvalue weighted by Gasteiger charge is 2.35. The van der Waals surface area contributed by atoms with E-state index in [1.807, 2.05) is 6.20 Å². The van der Waals surface area contributed by atoms with Crippen LogP contribution in [0.2, 0.25) is 0 Å². The monoisotopic (exact) mass is 1100 g/mol. The maximum Gasteiger partial charge on any atom is 0.137 e. The van der Waals surface area contributed by atoms with Crippen molar-refractivity contribution in [2.75, 3.05) is 16.5 Å². The molecule has 0 atom stereocenters. The maximum atomic E-state index is 7.32. The molecule has 422 valence electrons. The third kappa shape index (κ3) is 10.2. The Morgan fingerprint density at radius 1 is 0.393 bits per heavy atom. The average Bonchev–Trinajstić information content (AvgIpc) is 1.81. The van der Waals surface area contributed by atoms with Gasteiger partial charge in [0.05, 0.1) is 22.4 Å². The molecule has 0 spiro atoms. The fourth-order valence-corrected chi connectivity index (χ4v) is 12.9. The summed E-state index contributed by atoms with van der Waals surface area (Å²) in [4.78, 5) is 10.1. The highest BCUT2D eigenvalue weighted by atomic mass is 16.5. The van der Waals surface area contributed by atoms with Crippen molar-refractivity contribution in [1.82, 2.24) is 9.55 Å². The number of benzene rings is 9. The zero-order valence-corrected chi connectivity index (χ0v) is 51.4. The van der Waals surface area contributed by atoms with Crippen molar-refractivity contribution < 1.29 is 4.74 Å². The number of fused-ring (bicyclic) bond motifs is 4. The zero-order chi connectivity index (χ0) is 58.9. The van der Waals surface area contributed by atoms with E-state index in [0.29, 0.717) is 18.5 Å². The first kappa shape index (κ1) is 55.8. The second-order valence-electron chi connectivity index (χ2n) is 26.6. The van der Waals surface area contributed by atoms with Gasteiger partial charge in [-0.1, -0.05) is 230 Å². The average molecular weight is 1100 g/mol. The summed E-state index contributed by atoms with van der Waals surface area (Å²) in [5.74, 6) is 3.08. The van der Waals surface area contributed by atoms with Crippen molar-refractivity contribution in [2.45, 2.75) is 124 Å². The summed E-state index contributed by atoms with van der Waals surface area (Å²) in [6, 6.07) is 80.9. The lowest BCUT2D eigenvalue weighted by Gasteiger charge is -2.33. The van der Waals surface area contributed by atoms with E-state index < -0.39 is 5.41 Å². The molecule has 0 bridgehead atoms. The molecule has 9 aromatic carbocycles. The number of hydrogen-bond donors (Lipinski definition) is 0. The van der Waals surface area contributed by atoms with Gasteiger partial charge in [-0.05, 0) is 145 Å². The fourth-order valence-electron chi connectivity index (χ4n) is 12.9. The smallest absolute Gasteiger partial charge is 0.137 e. The number of nitrogens with zero attached hydrogens (tertiary/aromatic N) is 4. The van der Waals surface area contributed by atoms with E-state index in [4.69, 9.17) is 9.72 Å². The SMILES string of the molecule is CC(C)c1cccc(C(C)C)c1-c1ccc2c(c1)N(c1cc(Oc3ccc4c5ccccc5n(-c5cc(C(C)(C)C)ccn5)c4c3)cc(C(C)(C)c3ccccc3)c1)CN2c1cc(C(C)(C)c2ccccc2)cc(C(C)(C)c2ccccc2)c1. The Hall–Kier alpha value is -8.67. The Labute approximate surface area is 499 Å². The molecule has 1 aliphatic rings. The van der Waals surface area contributed by atoms with Gasteiger partial charge < -0.3 is 14.5 Å². The van der Waals surface area contributed by atoms with E-state index in [9.17, 15) is 0 Å². The second kappa shape index (κ2) is 21.5. The van der Waals surface area contributed by atoms with Crippen LogP contribution >= 0.6 is 0 Å². The van der Waals surface area contributed by atoms with Crippen LogP contribution in [0.4, 0.5) is 22.7 Å². The molecule has 12 rings (SSSR count). The summed E-state index contributed by atoms with van der Waals surface area (Å²) in [5.41, 5.74) is 19.6. The van der Waals surface area contributed by atoms with E-state index in [0.717, 1.165) is 62.0 Å². The van der Waals surface area contributed by atoms with Gasteiger partial charge in [0, 0.05) is 56.7 Å². The highest BCUT2D eigenvalue weighted by molar-refractivity contribution is 6.09. The third-order valence-corrected chi connectivity index (χ3v) is 18.3. The van der Waals surface area contributed by atoms with Gasteiger partial charge in [-0.2, -0.15) is 0 Å². The van der Waals surface area contributed by atoms with E-state index in [2.05, 4.69) is 323 Å². The first-order valence-electron chi connectivity index (χ1n) is 30.2. The largest absolute Gasteiger partial charge is 0.457 e. The van der Waals surface area contributed by atoms with Gasteiger partial charge in [0.1, 0.15) is 24.0 Å². The van der Waals surface area contributed by atoms with Crippen LogP contribution in [-0.2, 0) is 21.7 Å². The van der Waals surface area contributed by atoms with Crippen LogP contribution in [0.3, 0.4) is 0 Å². The lowest BCUT2D eigenvalue weighted by atomic mass is 9.73. The summed E-state index contributed by atoms with van der Waals surface area (Å²) in [5, 5.41) is 2.32. The minimum atomic E-state index is -0.392. The minimum absolute atomic E-state index is 0.0451. The molecule has 0 amide bonds. The van der Waals surface area contributed by atoms with Crippen LogP contribution < -0.4 is 14.5 Å².